The lowest BCUT2D eigenvalue weighted by atomic mass is 10.2. The van der Waals surface area contributed by atoms with Crippen molar-refractivity contribution in [1.82, 2.24) is 19.5 Å². The van der Waals surface area contributed by atoms with Crippen LogP contribution < -0.4 is 5.32 Å². The Morgan fingerprint density at radius 3 is 2.96 bits per heavy atom. The number of aryl methyl sites for hydroxylation is 2. The number of carbonyl (C=O) groups is 1. The molecule has 4 heterocycles. The van der Waals surface area contributed by atoms with Crippen LogP contribution in [0.1, 0.15) is 21.7 Å². The van der Waals surface area contributed by atoms with Gasteiger partial charge in [-0.15, -0.1) is 0 Å². The van der Waals surface area contributed by atoms with Crippen molar-refractivity contribution in [2.45, 2.75) is 13.8 Å². The Kier molecular flexibility index (Phi) is 3.24. The second kappa shape index (κ2) is 5.31. The van der Waals surface area contributed by atoms with Crippen LogP contribution in [0.5, 0.6) is 0 Å². The molecule has 1 amide bonds. The molecule has 24 heavy (non-hydrogen) atoms. The minimum Gasteiger partial charge on any atom is -0.336 e. The molecule has 0 radical (unpaired) electrons. The molecule has 8 heteroatoms. The summed E-state index contributed by atoms with van der Waals surface area (Å²) in [6.45, 7) is 3.62. The fourth-order valence-electron chi connectivity index (χ4n) is 2.54. The van der Waals surface area contributed by atoms with E-state index >= 15 is 0 Å². The fraction of sp³-hybridized carbons (Fsp3) is 0.125. The number of aromatic nitrogens is 4. The second-order valence-corrected chi connectivity index (χ2v) is 5.86. The molecule has 4 rings (SSSR count). The highest BCUT2D eigenvalue weighted by molar-refractivity contribution is 6.30. The SMILES string of the molecule is Cc1nc2ccc(Cl)cn2c1NC(=O)c1cnc2onc(C)c2c1. The molecule has 0 saturated heterocycles. The smallest absolute Gasteiger partial charge is 0.258 e. The Bertz CT molecular complexity index is 1100. The number of carbonyl (C=O) groups excluding carboxylic acids is 1. The largest absolute Gasteiger partial charge is 0.336 e. The monoisotopic (exact) mass is 341 g/mol. The molecular weight excluding hydrogens is 330 g/mol. The predicted octanol–water partition coefficient (Wildman–Crippen LogP) is 3.39. The third kappa shape index (κ3) is 2.30. The summed E-state index contributed by atoms with van der Waals surface area (Å²) in [5, 5.41) is 7.97. The molecule has 4 aromatic heterocycles. The molecule has 0 saturated carbocycles. The van der Waals surface area contributed by atoms with Crippen LogP contribution in [0.4, 0.5) is 5.82 Å². The minimum absolute atomic E-state index is 0.296. The lowest BCUT2D eigenvalue weighted by molar-refractivity contribution is 0.102. The summed E-state index contributed by atoms with van der Waals surface area (Å²) in [7, 11) is 0. The highest BCUT2D eigenvalue weighted by Gasteiger charge is 2.16. The van der Waals surface area contributed by atoms with E-state index in [9.17, 15) is 4.79 Å². The molecule has 0 atom stereocenters. The molecule has 120 valence electrons. The van der Waals surface area contributed by atoms with E-state index in [1.807, 2.05) is 6.92 Å². The highest BCUT2D eigenvalue weighted by Crippen LogP contribution is 2.22. The van der Waals surface area contributed by atoms with E-state index in [0.29, 0.717) is 44.5 Å². The molecule has 0 fully saturated rings. The first-order valence-electron chi connectivity index (χ1n) is 7.20. The third-order valence-electron chi connectivity index (χ3n) is 3.76. The first kappa shape index (κ1) is 14.6. The number of rotatable bonds is 2. The van der Waals surface area contributed by atoms with Crippen LogP contribution in [0.15, 0.2) is 35.1 Å². The van der Waals surface area contributed by atoms with Gasteiger partial charge in [0.2, 0.25) is 0 Å². The number of amides is 1. The van der Waals surface area contributed by atoms with Gasteiger partial charge in [0, 0.05) is 12.4 Å². The third-order valence-corrected chi connectivity index (χ3v) is 3.98. The van der Waals surface area contributed by atoms with Gasteiger partial charge in [-0.2, -0.15) is 0 Å². The zero-order valence-corrected chi connectivity index (χ0v) is 13.6. The number of fused-ring (bicyclic) bond motifs is 2. The minimum atomic E-state index is -0.296. The van der Waals surface area contributed by atoms with E-state index in [2.05, 4.69) is 20.4 Å². The van der Waals surface area contributed by atoms with Crippen LogP contribution in [-0.2, 0) is 0 Å². The first-order valence-corrected chi connectivity index (χ1v) is 7.58. The van der Waals surface area contributed by atoms with Crippen LogP contribution in [-0.4, -0.2) is 25.4 Å². The number of imidazole rings is 1. The Labute approximate surface area is 141 Å². The molecule has 4 aromatic rings. The van der Waals surface area contributed by atoms with Crippen molar-refractivity contribution in [2.75, 3.05) is 5.32 Å². The summed E-state index contributed by atoms with van der Waals surface area (Å²) in [4.78, 5) is 21.1. The number of pyridine rings is 2. The molecule has 0 aliphatic heterocycles. The van der Waals surface area contributed by atoms with Crippen LogP contribution in [0, 0.1) is 13.8 Å². The lowest BCUT2D eigenvalue weighted by Crippen LogP contribution is -2.14. The van der Waals surface area contributed by atoms with Crippen LogP contribution in [0.25, 0.3) is 16.7 Å². The average molecular weight is 342 g/mol. The van der Waals surface area contributed by atoms with Crippen molar-refractivity contribution in [1.29, 1.82) is 0 Å². The zero-order valence-electron chi connectivity index (χ0n) is 12.9. The van der Waals surface area contributed by atoms with Gasteiger partial charge in [0.1, 0.15) is 11.5 Å². The quantitative estimate of drug-likeness (QED) is 0.604. The van der Waals surface area contributed by atoms with E-state index in [4.69, 9.17) is 16.1 Å². The van der Waals surface area contributed by atoms with E-state index in [1.54, 1.807) is 35.7 Å². The average Bonchev–Trinajstić information content (AvgIpc) is 3.08. The van der Waals surface area contributed by atoms with Gasteiger partial charge in [-0.05, 0) is 32.0 Å². The van der Waals surface area contributed by atoms with E-state index in [-0.39, 0.29) is 5.91 Å². The number of nitrogens with one attached hydrogen (secondary N) is 1. The van der Waals surface area contributed by atoms with Gasteiger partial charge in [-0.1, -0.05) is 16.8 Å². The van der Waals surface area contributed by atoms with Gasteiger partial charge in [0.05, 0.1) is 27.4 Å². The summed E-state index contributed by atoms with van der Waals surface area (Å²) in [5.41, 5.74) is 2.90. The van der Waals surface area contributed by atoms with Gasteiger partial charge >= 0.3 is 0 Å². The van der Waals surface area contributed by atoms with Crippen molar-refractivity contribution in [3.8, 4) is 0 Å². The molecular formula is C16H12ClN5O2. The Morgan fingerprint density at radius 2 is 2.12 bits per heavy atom. The fourth-order valence-corrected chi connectivity index (χ4v) is 2.70. The first-order chi connectivity index (χ1) is 11.5. The molecule has 0 bridgehead atoms. The van der Waals surface area contributed by atoms with E-state index < -0.39 is 0 Å². The van der Waals surface area contributed by atoms with Gasteiger partial charge in [-0.25, -0.2) is 9.97 Å². The van der Waals surface area contributed by atoms with Crippen molar-refractivity contribution in [3.63, 3.8) is 0 Å². The molecule has 0 aromatic carbocycles. The summed E-state index contributed by atoms with van der Waals surface area (Å²) in [6, 6.07) is 5.25. The summed E-state index contributed by atoms with van der Waals surface area (Å²) >= 11 is 6.04. The molecule has 0 aliphatic carbocycles. The van der Waals surface area contributed by atoms with Gasteiger partial charge in [-0.3, -0.25) is 9.20 Å². The molecule has 0 spiro atoms. The lowest BCUT2D eigenvalue weighted by Gasteiger charge is -2.06. The standard InChI is InChI=1S/C16H12ClN5O2/c1-8-12-5-10(6-18-16(12)24-21-8)15(23)20-14-9(2)19-13-4-3-11(17)7-22(13)14/h3-7H,1-2H3,(H,20,23). The van der Waals surface area contributed by atoms with E-state index in [1.165, 1.54) is 6.20 Å². The number of nitrogens with zero attached hydrogens (tertiary/aromatic N) is 4. The predicted molar refractivity (Wildman–Crippen MR) is 89.4 cm³/mol. The normalized spacial score (nSPS) is 11.3. The molecule has 0 aliphatic rings. The van der Waals surface area contributed by atoms with Crippen molar-refractivity contribution < 1.29 is 9.32 Å². The van der Waals surface area contributed by atoms with Gasteiger partial charge in [0.15, 0.2) is 0 Å². The highest BCUT2D eigenvalue weighted by atomic mass is 35.5. The maximum atomic E-state index is 12.6. The number of hydrogen-bond donors (Lipinski definition) is 1. The summed E-state index contributed by atoms with van der Waals surface area (Å²) in [6.07, 6.45) is 3.16. The van der Waals surface area contributed by atoms with Crippen molar-refractivity contribution >= 4 is 40.1 Å². The Balaban J connectivity index is 1.74. The second-order valence-electron chi connectivity index (χ2n) is 5.42. The molecule has 0 unspecified atom stereocenters. The molecule has 7 nitrogen and oxygen atoms in total. The number of hydrogen-bond acceptors (Lipinski definition) is 5. The maximum absolute atomic E-state index is 12.6. The van der Waals surface area contributed by atoms with Crippen LogP contribution in [0.2, 0.25) is 5.02 Å². The Hall–Kier alpha value is -2.93. The summed E-state index contributed by atoms with van der Waals surface area (Å²) < 4.78 is 6.80. The van der Waals surface area contributed by atoms with E-state index in [0.717, 1.165) is 0 Å². The van der Waals surface area contributed by atoms with Crippen LogP contribution >= 0.6 is 11.6 Å². The van der Waals surface area contributed by atoms with Gasteiger partial charge in [0.25, 0.3) is 11.6 Å². The number of halogens is 1. The van der Waals surface area contributed by atoms with Crippen molar-refractivity contribution in [2.24, 2.45) is 0 Å². The number of anilines is 1. The Morgan fingerprint density at radius 1 is 1.29 bits per heavy atom. The topological polar surface area (TPSA) is 85.3 Å². The zero-order chi connectivity index (χ0) is 16.8. The van der Waals surface area contributed by atoms with Crippen LogP contribution in [0.3, 0.4) is 0 Å². The summed E-state index contributed by atoms with van der Waals surface area (Å²) in [5.74, 6) is 0.273. The van der Waals surface area contributed by atoms with Crippen molar-refractivity contribution in [3.05, 3.63) is 52.6 Å². The maximum Gasteiger partial charge on any atom is 0.258 e. The molecule has 1 N–H and O–H groups in total. The van der Waals surface area contributed by atoms with Gasteiger partial charge < -0.3 is 9.84 Å².